The fourth-order valence-corrected chi connectivity index (χ4v) is 3.02. The van der Waals surface area contributed by atoms with E-state index in [9.17, 15) is 4.39 Å². The molecule has 0 spiro atoms. The molecule has 0 atom stereocenters. The van der Waals surface area contributed by atoms with Crippen LogP contribution in [-0.2, 0) is 0 Å². The molecule has 2 aromatic heterocycles. The Bertz CT molecular complexity index is 1230. The average molecular weight is 418 g/mol. The molecular formula is C22H19FN6O2. The highest BCUT2D eigenvalue weighted by atomic mass is 19.1. The summed E-state index contributed by atoms with van der Waals surface area (Å²) in [6.45, 7) is 0. The lowest BCUT2D eigenvalue weighted by atomic mass is 10.1. The lowest BCUT2D eigenvalue weighted by molar-refractivity contribution is 0.407. The summed E-state index contributed by atoms with van der Waals surface area (Å²) in [6, 6.07) is 16.7. The van der Waals surface area contributed by atoms with Gasteiger partial charge in [0.1, 0.15) is 17.3 Å². The van der Waals surface area contributed by atoms with Gasteiger partial charge in [0.2, 0.25) is 5.82 Å². The number of para-hydroxylation sites is 1. The van der Waals surface area contributed by atoms with E-state index in [-0.39, 0.29) is 23.0 Å². The summed E-state index contributed by atoms with van der Waals surface area (Å²) in [5.41, 5.74) is 8.18. The Hall–Kier alpha value is -4.24. The third kappa shape index (κ3) is 4.07. The maximum Gasteiger partial charge on any atom is 0.276 e. The number of nitrogens with zero attached hydrogens (tertiary/aromatic N) is 4. The van der Waals surface area contributed by atoms with Crippen LogP contribution in [0.25, 0.3) is 22.8 Å². The zero-order valence-electron chi connectivity index (χ0n) is 16.6. The number of hydrazine groups is 1. The van der Waals surface area contributed by atoms with Gasteiger partial charge in [0.05, 0.1) is 18.5 Å². The number of anilines is 1. The lowest BCUT2D eigenvalue weighted by Crippen LogP contribution is -2.32. The highest BCUT2D eigenvalue weighted by Gasteiger charge is 2.22. The molecule has 0 bridgehead atoms. The van der Waals surface area contributed by atoms with Crippen LogP contribution in [0.2, 0.25) is 0 Å². The number of methoxy groups -OCH3 is 1. The number of benzene rings is 2. The van der Waals surface area contributed by atoms with E-state index < -0.39 is 5.82 Å². The zero-order chi connectivity index (χ0) is 21.8. The Morgan fingerprint density at radius 1 is 1.06 bits per heavy atom. The molecule has 0 amide bonds. The van der Waals surface area contributed by atoms with Gasteiger partial charge < -0.3 is 15.0 Å². The van der Waals surface area contributed by atoms with E-state index in [2.05, 4.69) is 15.1 Å². The summed E-state index contributed by atoms with van der Waals surface area (Å²) in [4.78, 5) is 8.40. The third-order valence-electron chi connectivity index (χ3n) is 4.55. The van der Waals surface area contributed by atoms with Crippen molar-refractivity contribution in [3.05, 3.63) is 90.3 Å². The Morgan fingerprint density at radius 3 is 2.58 bits per heavy atom. The van der Waals surface area contributed by atoms with Crippen molar-refractivity contribution in [2.75, 3.05) is 12.1 Å². The summed E-state index contributed by atoms with van der Waals surface area (Å²) in [5, 5.41) is 5.16. The standard InChI is InChI=1S/C22H19FN6O2/c1-30-16-6-4-5-15(13-16)21-27-22(31-28-21)19(24)20(14-9-11-26-12-10-14)29(25)18-8-3-2-7-17(18)23/h2-13H,24-25H2,1H3/b20-19-. The SMILES string of the molecule is COc1cccc(-c2noc(/C(N)=C(\c3ccncc3)N(N)c3ccccc3F)n2)c1. The van der Waals surface area contributed by atoms with Gasteiger partial charge in [-0.2, -0.15) is 4.98 Å². The normalized spacial score (nSPS) is 11.7. The fourth-order valence-electron chi connectivity index (χ4n) is 3.02. The molecule has 9 heteroatoms. The number of pyridine rings is 1. The van der Waals surface area contributed by atoms with Gasteiger partial charge >= 0.3 is 0 Å². The van der Waals surface area contributed by atoms with Crippen molar-refractivity contribution in [3.8, 4) is 17.1 Å². The number of hydrogen-bond donors (Lipinski definition) is 2. The smallest absolute Gasteiger partial charge is 0.276 e. The van der Waals surface area contributed by atoms with Crippen LogP contribution in [0, 0.1) is 5.82 Å². The second kappa shape index (κ2) is 8.64. The largest absolute Gasteiger partial charge is 0.497 e. The van der Waals surface area contributed by atoms with E-state index in [0.29, 0.717) is 22.7 Å². The molecule has 31 heavy (non-hydrogen) atoms. The second-order valence-electron chi connectivity index (χ2n) is 6.47. The predicted octanol–water partition coefficient (Wildman–Crippen LogP) is 3.44. The molecule has 2 heterocycles. The summed E-state index contributed by atoms with van der Waals surface area (Å²) < 4.78 is 25.0. The first-order valence-electron chi connectivity index (χ1n) is 9.26. The molecule has 0 aliphatic carbocycles. The van der Waals surface area contributed by atoms with Gasteiger partial charge in [-0.3, -0.25) is 9.99 Å². The molecule has 0 aliphatic heterocycles. The molecule has 4 rings (SSSR count). The number of halogens is 1. The van der Waals surface area contributed by atoms with Crippen LogP contribution in [0.3, 0.4) is 0 Å². The summed E-state index contributed by atoms with van der Waals surface area (Å²) >= 11 is 0. The van der Waals surface area contributed by atoms with E-state index in [0.717, 1.165) is 5.01 Å². The van der Waals surface area contributed by atoms with Gasteiger partial charge in [0, 0.05) is 23.5 Å². The molecule has 4 N–H and O–H groups in total. The van der Waals surface area contributed by atoms with Crippen molar-refractivity contribution in [1.29, 1.82) is 0 Å². The molecule has 0 aliphatic rings. The molecule has 4 aromatic rings. The van der Waals surface area contributed by atoms with Crippen molar-refractivity contribution in [3.63, 3.8) is 0 Å². The van der Waals surface area contributed by atoms with Crippen molar-refractivity contribution in [2.24, 2.45) is 11.6 Å². The number of ether oxygens (including phenoxy) is 1. The van der Waals surface area contributed by atoms with Gasteiger partial charge in [-0.05, 0) is 36.4 Å². The van der Waals surface area contributed by atoms with Crippen LogP contribution < -0.4 is 21.3 Å². The number of nitrogens with two attached hydrogens (primary N) is 2. The summed E-state index contributed by atoms with van der Waals surface area (Å²) in [6.07, 6.45) is 3.15. The highest BCUT2D eigenvalue weighted by Crippen LogP contribution is 2.30. The van der Waals surface area contributed by atoms with Crippen LogP contribution >= 0.6 is 0 Å². The van der Waals surface area contributed by atoms with Crippen LogP contribution in [0.5, 0.6) is 5.75 Å². The second-order valence-corrected chi connectivity index (χ2v) is 6.47. The first-order valence-corrected chi connectivity index (χ1v) is 9.26. The molecule has 0 saturated carbocycles. The van der Waals surface area contributed by atoms with E-state index in [1.807, 2.05) is 12.1 Å². The van der Waals surface area contributed by atoms with Crippen molar-refractivity contribution < 1.29 is 13.7 Å². The maximum atomic E-state index is 14.4. The monoisotopic (exact) mass is 418 g/mol. The molecule has 156 valence electrons. The van der Waals surface area contributed by atoms with Crippen LogP contribution in [0.4, 0.5) is 10.1 Å². The zero-order valence-corrected chi connectivity index (χ0v) is 16.6. The summed E-state index contributed by atoms with van der Waals surface area (Å²) in [5.74, 6) is 6.80. The quantitative estimate of drug-likeness (QED) is 0.361. The maximum absolute atomic E-state index is 14.4. The van der Waals surface area contributed by atoms with Gasteiger partial charge in [0.15, 0.2) is 0 Å². The van der Waals surface area contributed by atoms with Gasteiger partial charge in [0.25, 0.3) is 5.89 Å². The number of aromatic nitrogens is 3. The highest BCUT2D eigenvalue weighted by molar-refractivity contribution is 5.93. The molecular weight excluding hydrogens is 399 g/mol. The average Bonchev–Trinajstić information content (AvgIpc) is 3.31. The minimum atomic E-state index is -0.507. The Labute approximate surface area is 177 Å². The molecule has 0 saturated heterocycles. The topological polar surface area (TPSA) is 116 Å². The van der Waals surface area contributed by atoms with Crippen LogP contribution in [-0.4, -0.2) is 22.2 Å². The Kier molecular flexibility index (Phi) is 5.59. The van der Waals surface area contributed by atoms with E-state index in [1.54, 1.807) is 62.0 Å². The molecule has 0 unspecified atom stereocenters. The van der Waals surface area contributed by atoms with E-state index >= 15 is 0 Å². The van der Waals surface area contributed by atoms with Crippen LogP contribution in [0.1, 0.15) is 11.5 Å². The lowest BCUT2D eigenvalue weighted by Gasteiger charge is -2.23. The fraction of sp³-hybridized carbons (Fsp3) is 0.0455. The molecule has 2 aromatic carbocycles. The minimum Gasteiger partial charge on any atom is -0.497 e. The van der Waals surface area contributed by atoms with Gasteiger partial charge in [-0.1, -0.05) is 29.4 Å². The van der Waals surface area contributed by atoms with Gasteiger partial charge in [-0.15, -0.1) is 0 Å². The first-order chi connectivity index (χ1) is 15.1. The van der Waals surface area contributed by atoms with E-state index in [4.69, 9.17) is 20.8 Å². The Morgan fingerprint density at radius 2 is 1.84 bits per heavy atom. The Balaban J connectivity index is 1.81. The predicted molar refractivity (Wildman–Crippen MR) is 115 cm³/mol. The van der Waals surface area contributed by atoms with Crippen molar-refractivity contribution >= 4 is 17.1 Å². The van der Waals surface area contributed by atoms with Crippen LogP contribution in [0.15, 0.2) is 77.6 Å². The molecule has 0 radical (unpaired) electrons. The molecule has 8 nitrogen and oxygen atoms in total. The third-order valence-corrected chi connectivity index (χ3v) is 4.55. The number of hydrogen-bond acceptors (Lipinski definition) is 8. The first kappa shape index (κ1) is 20.0. The number of rotatable bonds is 6. The van der Waals surface area contributed by atoms with Crippen molar-refractivity contribution in [1.82, 2.24) is 15.1 Å². The van der Waals surface area contributed by atoms with Crippen molar-refractivity contribution in [2.45, 2.75) is 0 Å². The van der Waals surface area contributed by atoms with Gasteiger partial charge in [-0.25, -0.2) is 10.2 Å². The minimum absolute atomic E-state index is 0.0384. The summed E-state index contributed by atoms with van der Waals surface area (Å²) in [7, 11) is 1.57. The van der Waals surface area contributed by atoms with E-state index in [1.165, 1.54) is 6.07 Å². The molecule has 0 fully saturated rings.